The molecule has 2 heterocycles. The Morgan fingerprint density at radius 2 is 1.75 bits per heavy atom. The molecule has 2 N–H and O–H groups in total. The van der Waals surface area contributed by atoms with Crippen molar-refractivity contribution in [2.45, 2.75) is 20.0 Å². The topological polar surface area (TPSA) is 94.0 Å². The second kappa shape index (κ2) is 9.86. The van der Waals surface area contributed by atoms with Crippen molar-refractivity contribution in [3.05, 3.63) is 76.8 Å². The predicted molar refractivity (Wildman–Crippen MR) is 129 cm³/mol. The van der Waals surface area contributed by atoms with Crippen LogP contribution < -0.4 is 15.4 Å². The first-order chi connectivity index (χ1) is 17.0. The number of urea groups is 1. The number of hydrogen-bond acceptors (Lipinski definition) is 5. The number of alkyl halides is 3. The number of carbonyl (C=O) groups is 1. The van der Waals surface area contributed by atoms with Gasteiger partial charge < -0.3 is 15.4 Å². The van der Waals surface area contributed by atoms with E-state index in [1.54, 1.807) is 35.0 Å². The fourth-order valence-electron chi connectivity index (χ4n) is 3.55. The average molecular weight is 517 g/mol. The molecule has 4 aromatic rings. The van der Waals surface area contributed by atoms with E-state index < -0.39 is 22.8 Å². The molecule has 36 heavy (non-hydrogen) atoms. The van der Waals surface area contributed by atoms with Gasteiger partial charge in [0.1, 0.15) is 12.1 Å². The lowest BCUT2D eigenvalue weighted by Crippen LogP contribution is -2.20. The summed E-state index contributed by atoms with van der Waals surface area (Å²) in [6.45, 7) is 3.82. The van der Waals surface area contributed by atoms with Gasteiger partial charge in [-0.15, -0.1) is 0 Å². The third kappa shape index (κ3) is 5.57. The van der Waals surface area contributed by atoms with Crippen LogP contribution in [0.4, 0.5) is 29.3 Å². The molecule has 0 radical (unpaired) electrons. The van der Waals surface area contributed by atoms with Gasteiger partial charge >= 0.3 is 12.2 Å². The van der Waals surface area contributed by atoms with Gasteiger partial charge in [-0.25, -0.2) is 14.8 Å². The normalized spacial score (nSPS) is 11.3. The number of rotatable bonds is 5. The number of amides is 2. The zero-order chi connectivity index (χ0) is 26.0. The standard InChI is InChI=1S/C24H20ClF3N6O2/c1-13-22(14(2)34(3)33-13)20-11-21(30-12-29-20)36-17-6-4-5-15(9-17)31-23(35)32-16-7-8-19(25)18(10-16)24(26,27)28/h4-12H,1-3H3,(H2,31,32,35). The number of nitrogens with zero attached hydrogens (tertiary/aromatic N) is 4. The molecule has 0 spiro atoms. The van der Waals surface area contributed by atoms with Gasteiger partial charge in [-0.1, -0.05) is 17.7 Å². The number of hydrogen-bond donors (Lipinski definition) is 2. The fraction of sp³-hybridized carbons (Fsp3) is 0.167. The smallest absolute Gasteiger partial charge is 0.417 e. The first-order valence-electron chi connectivity index (χ1n) is 10.6. The van der Waals surface area contributed by atoms with Crippen molar-refractivity contribution >= 4 is 29.0 Å². The van der Waals surface area contributed by atoms with Crippen molar-refractivity contribution < 1.29 is 22.7 Å². The van der Waals surface area contributed by atoms with Crippen LogP contribution in [0.3, 0.4) is 0 Å². The van der Waals surface area contributed by atoms with Crippen LogP contribution in [0.5, 0.6) is 11.6 Å². The third-order valence-corrected chi connectivity index (χ3v) is 5.58. The molecule has 0 aliphatic rings. The van der Waals surface area contributed by atoms with E-state index in [1.165, 1.54) is 12.4 Å². The quantitative estimate of drug-likeness (QED) is 0.311. The Labute approximate surface area is 209 Å². The molecular formula is C24H20ClF3N6O2. The summed E-state index contributed by atoms with van der Waals surface area (Å²) in [7, 11) is 1.85. The number of anilines is 2. The molecule has 2 aromatic carbocycles. The van der Waals surface area contributed by atoms with Gasteiger partial charge in [-0.05, 0) is 44.2 Å². The van der Waals surface area contributed by atoms with Crippen LogP contribution in [0.15, 0.2) is 54.9 Å². The number of ether oxygens (including phenoxy) is 1. The molecule has 0 fully saturated rings. The highest BCUT2D eigenvalue weighted by molar-refractivity contribution is 6.31. The predicted octanol–water partition coefficient (Wildman–Crippen LogP) is 6.60. The summed E-state index contributed by atoms with van der Waals surface area (Å²) in [5.41, 5.74) is 2.54. The Kier molecular flexibility index (Phi) is 6.84. The number of nitrogens with one attached hydrogen (secondary N) is 2. The molecule has 0 bridgehead atoms. The lowest BCUT2D eigenvalue weighted by molar-refractivity contribution is -0.137. The first-order valence-corrected chi connectivity index (χ1v) is 10.9. The number of halogens is 4. The minimum atomic E-state index is -4.65. The molecule has 2 amide bonds. The van der Waals surface area contributed by atoms with Crippen molar-refractivity contribution in [1.29, 1.82) is 0 Å². The first kappa shape index (κ1) is 25.0. The van der Waals surface area contributed by atoms with Crippen molar-refractivity contribution in [2.75, 3.05) is 10.6 Å². The molecule has 0 saturated carbocycles. The Morgan fingerprint density at radius 1 is 1.03 bits per heavy atom. The summed E-state index contributed by atoms with van der Waals surface area (Å²) in [6.07, 6.45) is -3.26. The summed E-state index contributed by atoms with van der Waals surface area (Å²) in [5.74, 6) is 0.660. The highest BCUT2D eigenvalue weighted by Gasteiger charge is 2.33. The molecule has 0 atom stereocenters. The van der Waals surface area contributed by atoms with E-state index >= 15 is 0 Å². The zero-order valence-electron chi connectivity index (χ0n) is 19.3. The second-order valence-corrected chi connectivity index (χ2v) is 8.22. The van der Waals surface area contributed by atoms with E-state index in [4.69, 9.17) is 16.3 Å². The summed E-state index contributed by atoms with van der Waals surface area (Å²) in [4.78, 5) is 20.8. The highest BCUT2D eigenvalue weighted by atomic mass is 35.5. The maximum Gasteiger partial charge on any atom is 0.417 e. The third-order valence-electron chi connectivity index (χ3n) is 5.25. The van der Waals surface area contributed by atoms with Crippen LogP contribution in [0, 0.1) is 13.8 Å². The van der Waals surface area contributed by atoms with E-state index in [9.17, 15) is 18.0 Å². The molecule has 0 aliphatic heterocycles. The molecule has 4 rings (SSSR count). The number of aryl methyl sites for hydroxylation is 2. The Morgan fingerprint density at radius 3 is 2.42 bits per heavy atom. The Hall–Kier alpha value is -4.12. The maximum absolute atomic E-state index is 13.1. The van der Waals surface area contributed by atoms with Gasteiger partial charge in [0.15, 0.2) is 0 Å². The molecule has 186 valence electrons. The molecule has 0 aliphatic carbocycles. The molecular weight excluding hydrogens is 497 g/mol. The summed E-state index contributed by atoms with van der Waals surface area (Å²) in [6, 6.07) is 10.5. The average Bonchev–Trinajstić information content (AvgIpc) is 3.05. The van der Waals surface area contributed by atoms with E-state index in [0.717, 1.165) is 29.1 Å². The number of carbonyl (C=O) groups excluding carboxylic acids is 1. The van der Waals surface area contributed by atoms with Crippen LogP contribution >= 0.6 is 11.6 Å². The van der Waals surface area contributed by atoms with Crippen LogP contribution in [-0.2, 0) is 13.2 Å². The van der Waals surface area contributed by atoms with Gasteiger partial charge in [0.25, 0.3) is 0 Å². The molecule has 0 unspecified atom stereocenters. The minimum Gasteiger partial charge on any atom is -0.439 e. The lowest BCUT2D eigenvalue weighted by atomic mass is 10.1. The molecule has 2 aromatic heterocycles. The van der Waals surface area contributed by atoms with Crippen LogP contribution in [0.1, 0.15) is 17.0 Å². The highest BCUT2D eigenvalue weighted by Crippen LogP contribution is 2.36. The SMILES string of the molecule is Cc1nn(C)c(C)c1-c1cc(Oc2cccc(NC(=O)Nc3ccc(Cl)c(C(F)(F)F)c3)c2)ncn1. The summed E-state index contributed by atoms with van der Waals surface area (Å²) >= 11 is 5.62. The molecule has 0 saturated heterocycles. The van der Waals surface area contributed by atoms with Crippen LogP contribution in [0.25, 0.3) is 11.3 Å². The largest absolute Gasteiger partial charge is 0.439 e. The summed E-state index contributed by atoms with van der Waals surface area (Å²) < 4.78 is 46.8. The van der Waals surface area contributed by atoms with Gasteiger partial charge in [0.05, 0.1) is 22.0 Å². The number of benzene rings is 2. The van der Waals surface area contributed by atoms with Crippen molar-refractivity contribution in [3.63, 3.8) is 0 Å². The zero-order valence-corrected chi connectivity index (χ0v) is 20.1. The Bertz CT molecular complexity index is 1440. The van der Waals surface area contributed by atoms with E-state index in [1.807, 2.05) is 20.9 Å². The minimum absolute atomic E-state index is 0.0638. The lowest BCUT2D eigenvalue weighted by Gasteiger charge is -2.13. The van der Waals surface area contributed by atoms with E-state index in [-0.39, 0.29) is 11.6 Å². The van der Waals surface area contributed by atoms with Crippen LogP contribution in [-0.4, -0.2) is 25.8 Å². The van der Waals surface area contributed by atoms with Crippen molar-refractivity contribution in [3.8, 4) is 22.9 Å². The second-order valence-electron chi connectivity index (χ2n) is 7.81. The fourth-order valence-corrected chi connectivity index (χ4v) is 3.77. The van der Waals surface area contributed by atoms with Crippen molar-refractivity contribution in [1.82, 2.24) is 19.7 Å². The maximum atomic E-state index is 13.1. The summed E-state index contributed by atoms with van der Waals surface area (Å²) in [5, 5.41) is 8.86. The van der Waals surface area contributed by atoms with Crippen LogP contribution in [0.2, 0.25) is 5.02 Å². The monoisotopic (exact) mass is 516 g/mol. The molecule has 8 nitrogen and oxygen atoms in total. The van der Waals surface area contributed by atoms with Gasteiger partial charge in [-0.3, -0.25) is 4.68 Å². The van der Waals surface area contributed by atoms with Crippen molar-refractivity contribution in [2.24, 2.45) is 7.05 Å². The van der Waals surface area contributed by atoms with E-state index in [0.29, 0.717) is 17.1 Å². The number of aromatic nitrogens is 4. The van der Waals surface area contributed by atoms with E-state index in [2.05, 4.69) is 25.7 Å². The van der Waals surface area contributed by atoms with Gasteiger partial charge in [-0.2, -0.15) is 18.3 Å². The van der Waals surface area contributed by atoms with Gasteiger partial charge in [0, 0.05) is 41.8 Å². The van der Waals surface area contributed by atoms with Gasteiger partial charge in [0.2, 0.25) is 5.88 Å². The molecule has 12 heteroatoms. The Balaban J connectivity index is 1.47.